The fourth-order valence-electron chi connectivity index (χ4n) is 5.49. The van der Waals surface area contributed by atoms with E-state index in [2.05, 4.69) is 19.9 Å². The average molecular weight is 669 g/mol. The van der Waals surface area contributed by atoms with Gasteiger partial charge in [0.1, 0.15) is 64.9 Å². The zero-order chi connectivity index (χ0) is 33.7. The molecule has 20 nitrogen and oxygen atoms in total. The number of aliphatic hydroxyl groups excluding tert-OH is 4. The predicted molar refractivity (Wildman–Crippen MR) is 163 cm³/mol. The first-order valence-electron chi connectivity index (χ1n) is 13.8. The molecule has 2 saturated heterocycles. The maximum Gasteiger partial charge on any atom is 0.223 e. The highest BCUT2D eigenvalue weighted by molar-refractivity contribution is 7.45. The lowest BCUT2D eigenvalue weighted by atomic mass is 9.96. The molecule has 21 heteroatoms. The summed E-state index contributed by atoms with van der Waals surface area (Å²) in [6.45, 7) is 2.23. The van der Waals surface area contributed by atoms with Gasteiger partial charge >= 0.3 is 0 Å². The molecule has 0 saturated carbocycles. The van der Waals surface area contributed by atoms with Crippen molar-refractivity contribution in [2.24, 2.45) is 0 Å². The first-order chi connectivity index (χ1) is 21.6. The smallest absolute Gasteiger partial charge is 0.223 e. The number of hydrogen-bond donors (Lipinski definition) is 11. The molecule has 6 heterocycles. The summed E-state index contributed by atoms with van der Waals surface area (Å²) in [5, 5.41) is 60.7. The number of nitrogens with zero attached hydrogens (tertiary/aromatic N) is 6. The van der Waals surface area contributed by atoms with Crippen molar-refractivity contribution in [1.29, 1.82) is 0 Å². The second-order valence-electron chi connectivity index (χ2n) is 11.2. The molecule has 0 radical (unpaired) electrons. The first-order valence-corrected chi connectivity index (χ1v) is 15.2. The molecule has 0 aliphatic carbocycles. The van der Waals surface area contributed by atoms with Gasteiger partial charge in [0.15, 0.2) is 20.8 Å². The molecule has 2 fully saturated rings. The van der Waals surface area contributed by atoms with E-state index in [1.165, 1.54) is 23.0 Å². The van der Waals surface area contributed by atoms with Crippen molar-refractivity contribution in [2.45, 2.75) is 61.9 Å². The fraction of sp³-hybridized carbons (Fsp3) is 0.520. The molecule has 0 bridgehead atoms. The maximum atomic E-state index is 10.7. The number of aromatic nitrogens is 6. The van der Waals surface area contributed by atoms with Gasteiger partial charge in [-0.15, -0.1) is 0 Å². The van der Waals surface area contributed by atoms with Gasteiger partial charge in [0.05, 0.1) is 24.0 Å². The van der Waals surface area contributed by atoms with Crippen molar-refractivity contribution in [1.82, 2.24) is 29.1 Å². The molecule has 0 aromatic carbocycles. The molecule has 9 atom stereocenters. The second-order valence-corrected chi connectivity index (χ2v) is 12.5. The van der Waals surface area contributed by atoms with Gasteiger partial charge in [0, 0.05) is 12.4 Å². The van der Waals surface area contributed by atoms with Crippen LogP contribution in [0.3, 0.4) is 0 Å². The Hall–Kier alpha value is -3.53. The normalized spacial score (nSPS) is 31.8. The minimum atomic E-state index is -2.02. The number of nitrogen functional groups attached to an aromatic ring is 4. The number of hydrogen-bond acceptors (Lipinski definition) is 18. The molecule has 3 unspecified atom stereocenters. The topological polar surface area (TPSA) is 335 Å². The molecule has 252 valence electrons. The molecule has 4 aromatic heterocycles. The molecule has 46 heavy (non-hydrogen) atoms. The van der Waals surface area contributed by atoms with Crippen LogP contribution in [0.25, 0.3) is 22.1 Å². The van der Waals surface area contributed by atoms with E-state index in [0.717, 1.165) is 0 Å². The summed E-state index contributed by atoms with van der Waals surface area (Å²) in [6.07, 6.45) is -3.60. The summed E-state index contributed by atoms with van der Waals surface area (Å²) in [4.78, 5) is 25.3. The SMILES string of the molecule is C[C@@]1(O)C(O)[C@@H](CO)O[C@H]1n1ccc2c(N)nc(N)nc21.C[C@@]1(O)C(O)[C@@H](COP(O)CO)O[C@H]1n1ccc2c(N)nc(N)nc21. The number of fused-ring (bicyclic) bond motifs is 2. The lowest BCUT2D eigenvalue weighted by Gasteiger charge is -2.27. The van der Waals surface area contributed by atoms with Crippen molar-refractivity contribution < 1.29 is 49.5 Å². The first kappa shape index (κ1) is 33.8. The van der Waals surface area contributed by atoms with Gasteiger partial charge in [-0.3, -0.25) is 0 Å². The average Bonchev–Trinajstić information content (AvgIpc) is 3.71. The van der Waals surface area contributed by atoms with E-state index in [1.807, 2.05) is 0 Å². The maximum absolute atomic E-state index is 10.7. The van der Waals surface area contributed by atoms with Crippen molar-refractivity contribution in [3.8, 4) is 0 Å². The quantitative estimate of drug-likeness (QED) is 0.0904. The summed E-state index contributed by atoms with van der Waals surface area (Å²) in [6, 6.07) is 3.32. The Balaban J connectivity index is 0.000000184. The van der Waals surface area contributed by atoms with Gasteiger partial charge in [0.25, 0.3) is 0 Å². The molecule has 6 rings (SSSR count). The summed E-state index contributed by atoms with van der Waals surface area (Å²) in [5.41, 5.74) is 20.3. The Labute approximate surface area is 261 Å². The molecule has 0 amide bonds. The summed E-state index contributed by atoms with van der Waals surface area (Å²) in [5.74, 6) is 0.370. The van der Waals surface area contributed by atoms with E-state index < -0.39 is 69.4 Å². The third-order valence-corrected chi connectivity index (χ3v) is 8.63. The summed E-state index contributed by atoms with van der Waals surface area (Å²) >= 11 is 0. The highest BCUT2D eigenvalue weighted by Gasteiger charge is 2.54. The number of nitrogens with two attached hydrogens (primary N) is 4. The van der Waals surface area contributed by atoms with Gasteiger partial charge in [-0.2, -0.15) is 19.9 Å². The Bertz CT molecular complexity index is 1700. The van der Waals surface area contributed by atoms with Crippen molar-refractivity contribution in [3.63, 3.8) is 0 Å². The zero-order valence-corrected chi connectivity index (χ0v) is 25.6. The molecular formula is C25H37N10O10P. The molecule has 4 aromatic rings. The van der Waals surface area contributed by atoms with Crippen LogP contribution in [0.2, 0.25) is 0 Å². The fourth-order valence-corrected chi connectivity index (χ4v) is 5.90. The van der Waals surface area contributed by atoms with E-state index in [9.17, 15) is 30.4 Å². The van der Waals surface area contributed by atoms with Crippen LogP contribution in [0.15, 0.2) is 24.5 Å². The standard InChI is InChI=1S/C13H20N5O6P.C12H17N5O4/c1-13(21)8(20)7(4-23-25(22)5-19)24-11(13)18-3-2-6-9(14)16-12(15)17-10(6)18;1-12(20)7(19)6(4-18)21-10(12)17-3-2-5-8(13)15-11(14)16-9(5)17/h2-3,7-8,11,19-22H,4-5H2,1H3,(H4,14,15,16,17);2-3,6-7,10,18-20H,4H2,1H3,(H4,13,14,15,16)/t7-,8?,11-,13-,25?;6-,7?,10-,12-/m11/s1. The lowest BCUT2D eigenvalue weighted by Crippen LogP contribution is -2.44. The number of ether oxygens (including phenoxy) is 2. The van der Waals surface area contributed by atoms with Gasteiger partial charge in [0.2, 0.25) is 11.9 Å². The van der Waals surface area contributed by atoms with Crippen LogP contribution in [-0.2, 0) is 14.0 Å². The van der Waals surface area contributed by atoms with Crippen LogP contribution < -0.4 is 22.9 Å². The molecule has 0 spiro atoms. The van der Waals surface area contributed by atoms with E-state index in [-0.39, 0.29) is 30.1 Å². The zero-order valence-electron chi connectivity index (χ0n) is 24.7. The lowest BCUT2D eigenvalue weighted by molar-refractivity contribution is -0.0948. The molecule has 2 aliphatic heterocycles. The van der Waals surface area contributed by atoms with Crippen LogP contribution in [0, 0.1) is 0 Å². The van der Waals surface area contributed by atoms with E-state index >= 15 is 0 Å². The van der Waals surface area contributed by atoms with Crippen LogP contribution >= 0.6 is 8.38 Å². The predicted octanol–water partition coefficient (Wildman–Crippen LogP) is -2.53. The monoisotopic (exact) mass is 668 g/mol. The van der Waals surface area contributed by atoms with Crippen molar-refractivity contribution >= 4 is 54.0 Å². The Morgan fingerprint density at radius 2 is 1.24 bits per heavy atom. The van der Waals surface area contributed by atoms with E-state index in [1.54, 1.807) is 24.5 Å². The highest BCUT2D eigenvalue weighted by Crippen LogP contribution is 2.42. The Morgan fingerprint density at radius 1 is 0.804 bits per heavy atom. The number of rotatable bonds is 7. The van der Waals surface area contributed by atoms with Gasteiger partial charge in [-0.1, -0.05) is 0 Å². The summed E-state index contributed by atoms with van der Waals surface area (Å²) in [7, 11) is -2.02. The van der Waals surface area contributed by atoms with Crippen LogP contribution in [0.1, 0.15) is 26.3 Å². The highest BCUT2D eigenvalue weighted by atomic mass is 31.2. The largest absolute Gasteiger partial charge is 0.394 e. The number of aliphatic hydroxyl groups is 6. The third kappa shape index (κ3) is 5.89. The Morgan fingerprint density at radius 3 is 1.65 bits per heavy atom. The minimum absolute atomic E-state index is 0.00292. The van der Waals surface area contributed by atoms with E-state index in [4.69, 9.17) is 42.0 Å². The van der Waals surface area contributed by atoms with Crippen molar-refractivity contribution in [2.75, 3.05) is 42.5 Å². The second kappa shape index (κ2) is 12.6. The molecule has 2 aliphatic rings. The van der Waals surface area contributed by atoms with Crippen LogP contribution in [-0.4, -0.2) is 120 Å². The van der Waals surface area contributed by atoms with Gasteiger partial charge in [-0.25, -0.2) is 0 Å². The minimum Gasteiger partial charge on any atom is -0.394 e. The third-order valence-electron chi connectivity index (χ3n) is 7.94. The van der Waals surface area contributed by atoms with Gasteiger partial charge < -0.3 is 81.6 Å². The summed E-state index contributed by atoms with van der Waals surface area (Å²) < 4.78 is 19.3. The molecule has 15 N–H and O–H groups in total. The van der Waals surface area contributed by atoms with E-state index in [0.29, 0.717) is 22.1 Å². The Kier molecular flexibility index (Phi) is 9.25. The van der Waals surface area contributed by atoms with Crippen molar-refractivity contribution in [3.05, 3.63) is 24.5 Å². The van der Waals surface area contributed by atoms with Crippen LogP contribution in [0.5, 0.6) is 0 Å². The van der Waals surface area contributed by atoms with Gasteiger partial charge in [-0.05, 0) is 26.0 Å². The number of anilines is 4. The molecular weight excluding hydrogens is 631 g/mol. The van der Waals surface area contributed by atoms with Crippen LogP contribution in [0.4, 0.5) is 23.5 Å².